The van der Waals surface area contributed by atoms with Crippen molar-refractivity contribution in [3.8, 4) is 11.3 Å². The molecule has 1 unspecified atom stereocenters. The van der Waals surface area contributed by atoms with E-state index in [-0.39, 0.29) is 48.4 Å². The van der Waals surface area contributed by atoms with Gasteiger partial charge in [-0.05, 0) is 29.9 Å². The van der Waals surface area contributed by atoms with Gasteiger partial charge in [0.1, 0.15) is 5.52 Å². The van der Waals surface area contributed by atoms with E-state index in [1.807, 2.05) is 61.5 Å². The third-order valence-electron chi connectivity index (χ3n) is 8.47. The predicted octanol–water partition coefficient (Wildman–Crippen LogP) is 1.04. The Morgan fingerprint density at radius 2 is 1.72 bits per heavy atom. The normalized spacial score (nSPS) is 15.1. The minimum Gasteiger partial charge on any atom is -0.388 e. The molecule has 13 nitrogen and oxygen atoms in total. The molecule has 46 heavy (non-hydrogen) atoms. The quantitative estimate of drug-likeness (QED) is 0.180. The van der Waals surface area contributed by atoms with Crippen molar-refractivity contribution in [2.24, 2.45) is 12.8 Å². The molecule has 1 atom stereocenters. The number of aryl methyl sites for hydroxylation is 1. The number of carbonyl (C=O) groups is 3. The highest BCUT2D eigenvalue weighted by molar-refractivity contribution is 5.89. The SMILES string of the molecule is CC(CC(=O)N1CCC(O)(Cn2cnc3c(-c4ccc(CNCC(=O)NCC(N)=O)cc4)n(C)nc3c2=O)CC1)c1ccccc1. The van der Waals surface area contributed by atoms with Gasteiger partial charge in [0.05, 0.1) is 37.3 Å². The van der Waals surface area contributed by atoms with Gasteiger partial charge in [0, 0.05) is 38.7 Å². The molecule has 5 N–H and O–H groups in total. The first-order valence-corrected chi connectivity index (χ1v) is 15.4. The van der Waals surface area contributed by atoms with Crippen LogP contribution in [0.1, 0.15) is 43.2 Å². The summed E-state index contributed by atoms with van der Waals surface area (Å²) < 4.78 is 3.03. The Hall–Kier alpha value is -4.88. The van der Waals surface area contributed by atoms with Crippen LogP contribution in [0.25, 0.3) is 22.3 Å². The zero-order chi connectivity index (χ0) is 32.8. The van der Waals surface area contributed by atoms with E-state index in [2.05, 4.69) is 20.7 Å². The van der Waals surface area contributed by atoms with E-state index >= 15 is 0 Å². The van der Waals surface area contributed by atoms with Crippen LogP contribution in [0.15, 0.2) is 65.7 Å². The predicted molar refractivity (Wildman–Crippen MR) is 172 cm³/mol. The van der Waals surface area contributed by atoms with Gasteiger partial charge in [-0.25, -0.2) is 4.98 Å². The van der Waals surface area contributed by atoms with Crippen LogP contribution in [0, 0.1) is 0 Å². The molecule has 3 heterocycles. The lowest BCUT2D eigenvalue weighted by Gasteiger charge is -2.38. The molecule has 3 amide bonds. The molecule has 0 bridgehead atoms. The smallest absolute Gasteiger partial charge is 0.281 e. The van der Waals surface area contributed by atoms with Crippen LogP contribution in [0.5, 0.6) is 0 Å². The van der Waals surface area contributed by atoms with Crippen LogP contribution in [0.4, 0.5) is 0 Å². The molecule has 1 aliphatic heterocycles. The van der Waals surface area contributed by atoms with Crippen LogP contribution in [-0.2, 0) is 34.5 Å². The van der Waals surface area contributed by atoms with Gasteiger partial charge in [-0.2, -0.15) is 5.10 Å². The van der Waals surface area contributed by atoms with Gasteiger partial charge < -0.3 is 26.4 Å². The summed E-state index contributed by atoms with van der Waals surface area (Å²) in [5.41, 5.74) is 7.76. The van der Waals surface area contributed by atoms with Crippen molar-refractivity contribution in [2.45, 2.75) is 50.8 Å². The van der Waals surface area contributed by atoms with Gasteiger partial charge in [0.25, 0.3) is 5.56 Å². The Morgan fingerprint density at radius 3 is 2.39 bits per heavy atom. The van der Waals surface area contributed by atoms with E-state index in [1.165, 1.54) is 10.9 Å². The molecule has 2 aromatic carbocycles. The zero-order valence-corrected chi connectivity index (χ0v) is 26.1. The van der Waals surface area contributed by atoms with E-state index in [9.17, 15) is 24.3 Å². The summed E-state index contributed by atoms with van der Waals surface area (Å²) in [6.07, 6.45) is 2.57. The fourth-order valence-corrected chi connectivity index (χ4v) is 5.82. The first-order chi connectivity index (χ1) is 22.0. The molecule has 2 aromatic heterocycles. The Balaban J connectivity index is 1.20. The number of hydrogen-bond donors (Lipinski definition) is 4. The highest BCUT2D eigenvalue weighted by atomic mass is 16.3. The van der Waals surface area contributed by atoms with Gasteiger partial charge in [0.15, 0.2) is 5.52 Å². The number of rotatable bonds is 12. The molecule has 1 aliphatic rings. The Kier molecular flexibility index (Phi) is 9.93. The van der Waals surface area contributed by atoms with Gasteiger partial charge in [-0.1, -0.05) is 61.5 Å². The van der Waals surface area contributed by atoms with Gasteiger partial charge in [-0.3, -0.25) is 28.4 Å². The van der Waals surface area contributed by atoms with Crippen LogP contribution < -0.4 is 21.9 Å². The zero-order valence-electron chi connectivity index (χ0n) is 26.1. The number of amides is 3. The van der Waals surface area contributed by atoms with Crippen LogP contribution >= 0.6 is 0 Å². The number of nitrogens with zero attached hydrogens (tertiary/aromatic N) is 5. The van der Waals surface area contributed by atoms with E-state index in [0.717, 1.165) is 16.7 Å². The average Bonchev–Trinajstić information content (AvgIpc) is 3.39. The lowest BCUT2D eigenvalue weighted by Crippen LogP contribution is -2.49. The largest absolute Gasteiger partial charge is 0.388 e. The molecule has 0 saturated carbocycles. The third-order valence-corrected chi connectivity index (χ3v) is 8.47. The first-order valence-electron chi connectivity index (χ1n) is 15.4. The highest BCUT2D eigenvalue weighted by Gasteiger charge is 2.35. The number of aliphatic hydroxyl groups is 1. The van der Waals surface area contributed by atoms with E-state index in [4.69, 9.17) is 5.73 Å². The summed E-state index contributed by atoms with van der Waals surface area (Å²) in [4.78, 5) is 55.4. The van der Waals surface area contributed by atoms with Crippen molar-refractivity contribution in [1.29, 1.82) is 0 Å². The number of fused-ring (bicyclic) bond motifs is 1. The number of nitrogens with two attached hydrogens (primary N) is 1. The summed E-state index contributed by atoms with van der Waals surface area (Å²) in [5.74, 6) is -0.767. The molecule has 1 saturated heterocycles. The van der Waals surface area contributed by atoms with Crippen molar-refractivity contribution in [1.82, 2.24) is 34.9 Å². The maximum Gasteiger partial charge on any atom is 0.281 e. The second-order valence-electron chi connectivity index (χ2n) is 12.0. The topological polar surface area (TPSA) is 177 Å². The molecule has 1 fully saturated rings. The number of piperidine rings is 1. The van der Waals surface area contributed by atoms with Gasteiger partial charge >= 0.3 is 0 Å². The lowest BCUT2D eigenvalue weighted by atomic mass is 9.90. The van der Waals surface area contributed by atoms with E-state index in [1.54, 1.807) is 16.6 Å². The summed E-state index contributed by atoms with van der Waals surface area (Å²) in [6, 6.07) is 17.5. The molecular formula is C33H40N8O5. The molecule has 5 rings (SSSR count). The van der Waals surface area contributed by atoms with Crippen molar-refractivity contribution in [3.63, 3.8) is 0 Å². The molecule has 242 valence electrons. The van der Waals surface area contributed by atoms with Crippen LogP contribution in [0.2, 0.25) is 0 Å². The fraction of sp³-hybridized carbons (Fsp3) is 0.394. The second kappa shape index (κ2) is 14.0. The van der Waals surface area contributed by atoms with Crippen molar-refractivity contribution in [3.05, 3.63) is 82.4 Å². The van der Waals surface area contributed by atoms with Crippen LogP contribution in [-0.4, -0.2) is 78.8 Å². The fourth-order valence-electron chi connectivity index (χ4n) is 5.82. The van der Waals surface area contributed by atoms with Crippen molar-refractivity contribution >= 4 is 28.8 Å². The minimum absolute atomic E-state index is 0.0388. The maximum absolute atomic E-state index is 13.5. The third kappa shape index (κ3) is 7.66. The number of benzene rings is 2. The second-order valence-corrected chi connectivity index (χ2v) is 12.0. The minimum atomic E-state index is -1.15. The summed E-state index contributed by atoms with van der Waals surface area (Å²) in [7, 11) is 1.75. The molecule has 0 radical (unpaired) electrons. The number of likely N-dealkylation sites (tertiary alicyclic amines) is 1. The molecule has 0 aliphatic carbocycles. The van der Waals surface area contributed by atoms with Crippen LogP contribution in [0.3, 0.4) is 0 Å². The molecule has 4 aromatic rings. The van der Waals surface area contributed by atoms with E-state index in [0.29, 0.717) is 50.1 Å². The number of hydrogen-bond acceptors (Lipinski definition) is 8. The number of primary amides is 1. The Bertz CT molecular complexity index is 1760. The Labute approximate surface area is 266 Å². The highest BCUT2D eigenvalue weighted by Crippen LogP contribution is 2.28. The lowest BCUT2D eigenvalue weighted by molar-refractivity contribution is -0.136. The summed E-state index contributed by atoms with van der Waals surface area (Å²) in [5, 5.41) is 21.3. The first kappa shape index (κ1) is 32.5. The Morgan fingerprint density at radius 1 is 1.02 bits per heavy atom. The van der Waals surface area contributed by atoms with Gasteiger partial charge in [-0.15, -0.1) is 0 Å². The summed E-state index contributed by atoms with van der Waals surface area (Å²) in [6.45, 7) is 3.21. The van der Waals surface area contributed by atoms with Gasteiger partial charge in [0.2, 0.25) is 17.7 Å². The maximum atomic E-state index is 13.5. The standard InChI is InChI=1S/C33H40N8O5/c1-22(24-6-4-3-5-7-24)16-28(44)40-14-12-33(46,13-15-40)20-41-21-37-29-30(32(41)45)38-39(2)31(29)25-10-8-23(9-11-25)17-35-19-27(43)36-18-26(34)42/h3-11,21-22,35,46H,12-20H2,1-2H3,(H2,34,42)(H,36,43). The summed E-state index contributed by atoms with van der Waals surface area (Å²) >= 11 is 0. The number of aromatic nitrogens is 4. The van der Waals surface area contributed by atoms with E-state index < -0.39 is 11.5 Å². The molecule has 0 spiro atoms. The van der Waals surface area contributed by atoms with Crippen molar-refractivity contribution in [2.75, 3.05) is 26.2 Å². The number of nitrogens with one attached hydrogen (secondary N) is 2. The average molecular weight is 629 g/mol. The van der Waals surface area contributed by atoms with Crippen molar-refractivity contribution < 1.29 is 19.5 Å². The molecular weight excluding hydrogens is 588 g/mol. The number of carbonyl (C=O) groups excluding carboxylic acids is 3. The molecule has 13 heteroatoms. The monoisotopic (exact) mass is 628 g/mol.